The van der Waals surface area contributed by atoms with Gasteiger partial charge in [0.25, 0.3) is 0 Å². The molecule has 26 heavy (non-hydrogen) atoms. The number of rotatable bonds is 5. The van der Waals surface area contributed by atoms with Crippen LogP contribution in [-0.2, 0) is 6.42 Å². The molecule has 1 aliphatic heterocycles. The van der Waals surface area contributed by atoms with Gasteiger partial charge in [-0.2, -0.15) is 5.26 Å². The summed E-state index contributed by atoms with van der Waals surface area (Å²) in [7, 11) is 0. The largest absolute Gasteiger partial charge is 0.371 e. The van der Waals surface area contributed by atoms with Crippen molar-refractivity contribution in [3.8, 4) is 6.07 Å². The number of carbonyl (C=O) groups excluding carboxylic acids is 1. The van der Waals surface area contributed by atoms with E-state index in [9.17, 15) is 9.18 Å². The molecule has 134 valence electrons. The number of urea groups is 1. The van der Waals surface area contributed by atoms with Crippen LogP contribution in [0.2, 0.25) is 0 Å². The third kappa shape index (κ3) is 4.73. The van der Waals surface area contributed by atoms with Gasteiger partial charge < -0.3 is 15.5 Å². The van der Waals surface area contributed by atoms with Crippen molar-refractivity contribution in [2.75, 3.05) is 29.9 Å². The van der Waals surface area contributed by atoms with Gasteiger partial charge in [0.2, 0.25) is 0 Å². The Kier molecular flexibility index (Phi) is 5.69. The van der Waals surface area contributed by atoms with Gasteiger partial charge in [0, 0.05) is 31.0 Å². The molecule has 0 spiro atoms. The van der Waals surface area contributed by atoms with Crippen LogP contribution in [0.1, 0.15) is 12.0 Å². The molecule has 2 amide bonds. The number of benzene rings is 2. The normalized spacial score (nSPS) is 16.2. The van der Waals surface area contributed by atoms with E-state index in [0.717, 1.165) is 30.8 Å². The van der Waals surface area contributed by atoms with Crippen LogP contribution in [0.4, 0.5) is 20.6 Å². The van der Waals surface area contributed by atoms with Crippen LogP contribution in [-0.4, -0.2) is 25.7 Å². The number of nitrogens with zero attached hydrogens (tertiary/aromatic N) is 2. The van der Waals surface area contributed by atoms with Gasteiger partial charge in [-0.05, 0) is 54.3 Å². The van der Waals surface area contributed by atoms with Crippen LogP contribution in [0, 0.1) is 23.1 Å². The molecule has 0 aliphatic carbocycles. The molecule has 1 unspecified atom stereocenters. The van der Waals surface area contributed by atoms with Crippen molar-refractivity contribution >= 4 is 17.4 Å². The predicted octanol–water partition coefficient (Wildman–Crippen LogP) is 3.54. The molecule has 1 heterocycles. The summed E-state index contributed by atoms with van der Waals surface area (Å²) in [5.41, 5.74) is 2.63. The molecule has 0 saturated carbocycles. The molecule has 3 rings (SSSR count). The predicted molar refractivity (Wildman–Crippen MR) is 99.5 cm³/mol. The fourth-order valence-corrected chi connectivity index (χ4v) is 3.10. The van der Waals surface area contributed by atoms with E-state index >= 15 is 0 Å². The first kappa shape index (κ1) is 17.7. The van der Waals surface area contributed by atoms with Gasteiger partial charge in [0.15, 0.2) is 0 Å². The van der Waals surface area contributed by atoms with E-state index in [-0.39, 0.29) is 11.8 Å². The van der Waals surface area contributed by atoms with Gasteiger partial charge in [-0.15, -0.1) is 0 Å². The smallest absolute Gasteiger partial charge is 0.319 e. The maximum atomic E-state index is 13.0. The maximum absolute atomic E-state index is 13.0. The van der Waals surface area contributed by atoms with E-state index in [1.165, 1.54) is 12.1 Å². The number of hydrogen-bond donors (Lipinski definition) is 2. The molecule has 1 atom stereocenters. The van der Waals surface area contributed by atoms with Crippen molar-refractivity contribution in [3.63, 3.8) is 0 Å². The summed E-state index contributed by atoms with van der Waals surface area (Å²) in [6.45, 7) is 2.34. The van der Waals surface area contributed by atoms with Crippen molar-refractivity contribution < 1.29 is 9.18 Å². The van der Waals surface area contributed by atoms with Crippen LogP contribution >= 0.6 is 0 Å². The highest BCUT2D eigenvalue weighted by atomic mass is 19.1. The van der Waals surface area contributed by atoms with E-state index in [4.69, 9.17) is 5.26 Å². The molecule has 0 aromatic heterocycles. The Hall–Kier alpha value is -3.07. The number of nitrogens with one attached hydrogen (secondary N) is 2. The summed E-state index contributed by atoms with van der Waals surface area (Å²) < 4.78 is 13.0. The van der Waals surface area contributed by atoms with Crippen molar-refractivity contribution in [1.82, 2.24) is 5.32 Å². The van der Waals surface area contributed by atoms with E-state index in [1.807, 2.05) is 12.1 Å². The molecule has 1 aliphatic rings. The van der Waals surface area contributed by atoms with Gasteiger partial charge in [-0.1, -0.05) is 12.1 Å². The van der Waals surface area contributed by atoms with E-state index in [2.05, 4.69) is 21.6 Å². The monoisotopic (exact) mass is 352 g/mol. The lowest BCUT2D eigenvalue weighted by Gasteiger charge is -2.19. The number of amides is 2. The molecular weight excluding hydrogens is 331 g/mol. The van der Waals surface area contributed by atoms with Gasteiger partial charge in [-0.3, -0.25) is 0 Å². The first-order valence-electron chi connectivity index (χ1n) is 8.65. The summed E-state index contributed by atoms with van der Waals surface area (Å²) in [6.07, 6.45) is 1.35. The molecule has 2 N–H and O–H groups in total. The highest BCUT2D eigenvalue weighted by Crippen LogP contribution is 2.23. The molecule has 1 saturated heterocycles. The second-order valence-electron chi connectivity index (χ2n) is 6.44. The lowest BCUT2D eigenvalue weighted by molar-refractivity contribution is 0.250. The van der Waals surface area contributed by atoms with Gasteiger partial charge >= 0.3 is 6.03 Å². The third-order valence-corrected chi connectivity index (χ3v) is 4.52. The van der Waals surface area contributed by atoms with Crippen molar-refractivity contribution in [2.45, 2.75) is 12.8 Å². The van der Waals surface area contributed by atoms with Crippen molar-refractivity contribution in [2.24, 2.45) is 5.92 Å². The lowest BCUT2D eigenvalue weighted by Crippen LogP contribution is -2.34. The summed E-state index contributed by atoms with van der Waals surface area (Å²) in [6, 6.07) is 15.6. The number of anilines is 2. The second kappa shape index (κ2) is 8.34. The summed E-state index contributed by atoms with van der Waals surface area (Å²) >= 11 is 0. The SMILES string of the molecule is N#CCc1ccc(NC(=O)NCC2CCN(c3ccc(F)cc3)C2)cc1. The summed E-state index contributed by atoms with van der Waals surface area (Å²) in [5.74, 6) is 0.132. The minimum absolute atomic E-state index is 0.233. The number of hydrogen-bond acceptors (Lipinski definition) is 3. The van der Waals surface area contributed by atoms with E-state index < -0.39 is 0 Å². The molecule has 5 nitrogen and oxygen atoms in total. The quantitative estimate of drug-likeness (QED) is 0.865. The Morgan fingerprint density at radius 2 is 1.92 bits per heavy atom. The highest BCUT2D eigenvalue weighted by molar-refractivity contribution is 5.89. The Bertz CT molecular complexity index is 783. The second-order valence-corrected chi connectivity index (χ2v) is 6.44. The van der Waals surface area contributed by atoms with Gasteiger partial charge in [0.1, 0.15) is 5.82 Å². The van der Waals surface area contributed by atoms with Crippen LogP contribution in [0.3, 0.4) is 0 Å². The zero-order chi connectivity index (χ0) is 18.4. The van der Waals surface area contributed by atoms with Crippen molar-refractivity contribution in [1.29, 1.82) is 5.26 Å². The fourth-order valence-electron chi connectivity index (χ4n) is 3.10. The average Bonchev–Trinajstić information content (AvgIpc) is 3.11. The topological polar surface area (TPSA) is 68.2 Å². The zero-order valence-corrected chi connectivity index (χ0v) is 14.4. The Morgan fingerprint density at radius 1 is 1.19 bits per heavy atom. The summed E-state index contributed by atoms with van der Waals surface area (Å²) in [5, 5.41) is 14.4. The first-order valence-corrected chi connectivity index (χ1v) is 8.65. The minimum Gasteiger partial charge on any atom is -0.371 e. The Morgan fingerprint density at radius 3 is 2.62 bits per heavy atom. The molecule has 0 bridgehead atoms. The standard InChI is InChI=1S/C20H21FN4O/c21-17-3-7-19(8-4-17)25-12-10-16(14-25)13-23-20(26)24-18-5-1-15(2-6-18)9-11-22/h1-8,16H,9-10,12-14H2,(H2,23,24,26). The Balaban J connectivity index is 1.43. The van der Waals surface area contributed by atoms with Crippen LogP contribution in [0.5, 0.6) is 0 Å². The Labute approximate surface area is 152 Å². The molecular formula is C20H21FN4O. The number of nitriles is 1. The molecule has 0 radical (unpaired) electrons. The fraction of sp³-hybridized carbons (Fsp3) is 0.300. The molecule has 2 aromatic rings. The molecule has 2 aromatic carbocycles. The van der Waals surface area contributed by atoms with Crippen LogP contribution < -0.4 is 15.5 Å². The van der Waals surface area contributed by atoms with Crippen LogP contribution in [0.15, 0.2) is 48.5 Å². The number of halogens is 1. The van der Waals surface area contributed by atoms with Gasteiger partial charge in [-0.25, -0.2) is 9.18 Å². The zero-order valence-electron chi connectivity index (χ0n) is 14.4. The van der Waals surface area contributed by atoms with E-state index in [1.54, 1.807) is 24.3 Å². The van der Waals surface area contributed by atoms with E-state index in [0.29, 0.717) is 24.6 Å². The van der Waals surface area contributed by atoms with Crippen LogP contribution in [0.25, 0.3) is 0 Å². The average molecular weight is 352 g/mol. The molecule has 1 fully saturated rings. The third-order valence-electron chi connectivity index (χ3n) is 4.52. The lowest BCUT2D eigenvalue weighted by atomic mass is 10.1. The first-order chi connectivity index (χ1) is 12.6. The van der Waals surface area contributed by atoms with Gasteiger partial charge in [0.05, 0.1) is 12.5 Å². The van der Waals surface area contributed by atoms with Crippen molar-refractivity contribution in [3.05, 3.63) is 59.9 Å². The molecule has 6 heteroatoms. The minimum atomic E-state index is -0.238. The summed E-state index contributed by atoms with van der Waals surface area (Å²) in [4.78, 5) is 14.2. The maximum Gasteiger partial charge on any atom is 0.319 e. The highest BCUT2D eigenvalue weighted by Gasteiger charge is 2.23. The number of carbonyl (C=O) groups is 1.